The van der Waals surface area contributed by atoms with Crippen molar-refractivity contribution < 1.29 is 10.2 Å². The van der Waals surface area contributed by atoms with Gasteiger partial charge in [0.15, 0.2) is 11.5 Å². The van der Waals surface area contributed by atoms with Gasteiger partial charge in [0.1, 0.15) is 0 Å². The van der Waals surface area contributed by atoms with Gasteiger partial charge in [-0.3, -0.25) is 0 Å². The molecule has 0 atom stereocenters. The van der Waals surface area contributed by atoms with E-state index in [1.807, 2.05) is 6.07 Å². The maximum atomic E-state index is 9.75. The third-order valence-corrected chi connectivity index (χ3v) is 4.79. The highest BCUT2D eigenvalue weighted by Crippen LogP contribution is 2.28. The molecule has 2 aromatic carbocycles. The molecule has 0 spiro atoms. The standard InChI is InChI=1S/C23H34N2O2/c26-22-14-8-13-21(23(22)27)15-19-25-17-7-2-1-6-16-24-18-9-12-20-10-4-3-5-11-20/h3-5,8,10-11,13-14,24-27H,1-2,6-7,9,12,15-19H2. The fourth-order valence-corrected chi connectivity index (χ4v) is 3.17. The van der Waals surface area contributed by atoms with Crippen LogP contribution in [0.2, 0.25) is 0 Å². The number of para-hydroxylation sites is 1. The van der Waals surface area contributed by atoms with E-state index in [-0.39, 0.29) is 11.5 Å². The van der Waals surface area contributed by atoms with Gasteiger partial charge >= 0.3 is 0 Å². The molecule has 27 heavy (non-hydrogen) atoms. The van der Waals surface area contributed by atoms with Crippen LogP contribution in [-0.4, -0.2) is 36.4 Å². The molecule has 0 amide bonds. The number of unbranched alkanes of at least 4 members (excludes halogenated alkanes) is 3. The van der Waals surface area contributed by atoms with Crippen molar-refractivity contribution in [2.75, 3.05) is 26.2 Å². The van der Waals surface area contributed by atoms with Gasteiger partial charge in [0.2, 0.25) is 0 Å². The molecule has 0 unspecified atom stereocenters. The first kappa shape index (κ1) is 21.3. The molecule has 4 N–H and O–H groups in total. The van der Waals surface area contributed by atoms with Crippen LogP contribution in [0.15, 0.2) is 48.5 Å². The van der Waals surface area contributed by atoms with Gasteiger partial charge in [0, 0.05) is 0 Å². The zero-order valence-electron chi connectivity index (χ0n) is 16.3. The average Bonchev–Trinajstić information content (AvgIpc) is 2.69. The van der Waals surface area contributed by atoms with E-state index in [1.165, 1.54) is 43.7 Å². The first-order valence-corrected chi connectivity index (χ1v) is 10.2. The van der Waals surface area contributed by atoms with Crippen LogP contribution >= 0.6 is 0 Å². The summed E-state index contributed by atoms with van der Waals surface area (Å²) < 4.78 is 0. The number of phenolic OH excluding ortho intramolecular Hbond substituents is 2. The summed E-state index contributed by atoms with van der Waals surface area (Å²) in [5, 5.41) is 26.2. The van der Waals surface area contributed by atoms with Gasteiger partial charge in [0.05, 0.1) is 0 Å². The summed E-state index contributed by atoms with van der Waals surface area (Å²) in [7, 11) is 0. The molecule has 0 fully saturated rings. The third kappa shape index (κ3) is 8.94. The lowest BCUT2D eigenvalue weighted by molar-refractivity contribution is 0.399. The van der Waals surface area contributed by atoms with E-state index in [0.29, 0.717) is 0 Å². The monoisotopic (exact) mass is 370 g/mol. The van der Waals surface area contributed by atoms with Gasteiger partial charge in [0.25, 0.3) is 0 Å². The highest BCUT2D eigenvalue weighted by Gasteiger charge is 2.04. The van der Waals surface area contributed by atoms with E-state index < -0.39 is 0 Å². The predicted octanol–water partition coefficient (Wildman–Crippen LogP) is 4.01. The van der Waals surface area contributed by atoms with Crippen LogP contribution in [-0.2, 0) is 12.8 Å². The average molecular weight is 371 g/mol. The Bertz CT molecular complexity index is 632. The fraction of sp³-hybridized carbons (Fsp3) is 0.478. The molecule has 0 radical (unpaired) electrons. The quantitative estimate of drug-likeness (QED) is 0.300. The molecule has 0 bridgehead atoms. The minimum Gasteiger partial charge on any atom is -0.504 e. The van der Waals surface area contributed by atoms with Crippen LogP contribution in [0.25, 0.3) is 0 Å². The Morgan fingerprint density at radius 2 is 1.26 bits per heavy atom. The Kier molecular flexibility index (Phi) is 10.4. The minimum absolute atomic E-state index is 0.00979. The maximum absolute atomic E-state index is 9.75. The van der Waals surface area contributed by atoms with Crippen LogP contribution in [0.5, 0.6) is 11.5 Å². The van der Waals surface area contributed by atoms with Gasteiger partial charge < -0.3 is 20.8 Å². The highest BCUT2D eigenvalue weighted by molar-refractivity contribution is 5.44. The molecule has 4 nitrogen and oxygen atoms in total. The molecule has 0 heterocycles. The van der Waals surface area contributed by atoms with Crippen LogP contribution in [0.1, 0.15) is 43.2 Å². The molecule has 148 valence electrons. The van der Waals surface area contributed by atoms with Gasteiger partial charge in [-0.2, -0.15) is 0 Å². The van der Waals surface area contributed by atoms with Crippen molar-refractivity contribution >= 4 is 0 Å². The summed E-state index contributed by atoms with van der Waals surface area (Å²) >= 11 is 0. The number of rotatable bonds is 14. The molecular weight excluding hydrogens is 336 g/mol. The van der Waals surface area contributed by atoms with E-state index >= 15 is 0 Å². The Balaban J connectivity index is 1.35. The number of hydrogen-bond acceptors (Lipinski definition) is 4. The van der Waals surface area contributed by atoms with Crippen molar-refractivity contribution in [1.82, 2.24) is 10.6 Å². The van der Waals surface area contributed by atoms with E-state index in [2.05, 4.69) is 41.0 Å². The smallest absolute Gasteiger partial charge is 0.160 e. The van der Waals surface area contributed by atoms with Crippen molar-refractivity contribution in [2.45, 2.75) is 44.9 Å². The van der Waals surface area contributed by atoms with Crippen LogP contribution in [0.4, 0.5) is 0 Å². The molecule has 0 aliphatic rings. The number of aryl methyl sites for hydroxylation is 1. The number of nitrogens with one attached hydrogen (secondary N) is 2. The molecule has 0 aliphatic carbocycles. The number of aromatic hydroxyl groups is 2. The van der Waals surface area contributed by atoms with Crippen molar-refractivity contribution in [2.24, 2.45) is 0 Å². The maximum Gasteiger partial charge on any atom is 0.160 e. The van der Waals surface area contributed by atoms with Crippen LogP contribution < -0.4 is 10.6 Å². The van der Waals surface area contributed by atoms with Gasteiger partial charge in [-0.05, 0) is 75.5 Å². The molecular formula is C23H34N2O2. The van der Waals surface area contributed by atoms with Crippen molar-refractivity contribution in [3.05, 3.63) is 59.7 Å². The Hall–Kier alpha value is -2.04. The van der Waals surface area contributed by atoms with Crippen molar-refractivity contribution in [1.29, 1.82) is 0 Å². The van der Waals surface area contributed by atoms with Crippen LogP contribution in [0.3, 0.4) is 0 Å². The Labute approximate surface area is 163 Å². The number of hydrogen-bond donors (Lipinski definition) is 4. The lowest BCUT2D eigenvalue weighted by Gasteiger charge is -2.08. The van der Waals surface area contributed by atoms with E-state index in [9.17, 15) is 10.2 Å². The molecule has 0 aromatic heterocycles. The first-order chi connectivity index (χ1) is 13.3. The van der Waals surface area contributed by atoms with E-state index in [0.717, 1.165) is 44.6 Å². The summed E-state index contributed by atoms with van der Waals surface area (Å²) in [5.41, 5.74) is 2.21. The second-order valence-corrected chi connectivity index (χ2v) is 7.04. The summed E-state index contributed by atoms with van der Waals surface area (Å²) in [6, 6.07) is 15.8. The predicted molar refractivity (Wildman–Crippen MR) is 112 cm³/mol. The highest BCUT2D eigenvalue weighted by atomic mass is 16.3. The SMILES string of the molecule is Oc1cccc(CCNCCCCCCNCCCc2ccccc2)c1O. The van der Waals surface area contributed by atoms with Crippen molar-refractivity contribution in [3.8, 4) is 11.5 Å². The summed E-state index contributed by atoms with van der Waals surface area (Å²) in [6.07, 6.45) is 8.01. The molecule has 2 rings (SSSR count). The molecule has 4 heteroatoms. The van der Waals surface area contributed by atoms with Crippen molar-refractivity contribution in [3.63, 3.8) is 0 Å². The Morgan fingerprint density at radius 3 is 2.00 bits per heavy atom. The lowest BCUT2D eigenvalue weighted by atomic mass is 10.1. The second kappa shape index (κ2) is 13.2. The molecule has 2 aromatic rings. The summed E-state index contributed by atoms with van der Waals surface area (Å²) in [4.78, 5) is 0. The van der Waals surface area contributed by atoms with Gasteiger partial charge in [-0.1, -0.05) is 55.3 Å². The third-order valence-electron chi connectivity index (χ3n) is 4.79. The zero-order valence-corrected chi connectivity index (χ0v) is 16.3. The largest absolute Gasteiger partial charge is 0.504 e. The minimum atomic E-state index is -0.0406. The Morgan fingerprint density at radius 1 is 0.593 bits per heavy atom. The number of phenols is 2. The fourth-order valence-electron chi connectivity index (χ4n) is 3.17. The topological polar surface area (TPSA) is 64.5 Å². The number of benzene rings is 2. The molecule has 0 aliphatic heterocycles. The van der Waals surface area contributed by atoms with E-state index in [1.54, 1.807) is 6.07 Å². The summed E-state index contributed by atoms with van der Waals surface area (Å²) in [5.74, 6) is -0.0308. The summed E-state index contributed by atoms with van der Waals surface area (Å²) in [6.45, 7) is 4.03. The second-order valence-electron chi connectivity index (χ2n) is 7.04. The van der Waals surface area contributed by atoms with Crippen LogP contribution in [0, 0.1) is 0 Å². The van der Waals surface area contributed by atoms with Gasteiger partial charge in [-0.25, -0.2) is 0 Å². The molecule has 0 saturated heterocycles. The first-order valence-electron chi connectivity index (χ1n) is 10.2. The lowest BCUT2D eigenvalue weighted by Crippen LogP contribution is -2.19. The van der Waals surface area contributed by atoms with E-state index in [4.69, 9.17) is 0 Å². The van der Waals surface area contributed by atoms with Gasteiger partial charge in [-0.15, -0.1) is 0 Å². The zero-order chi connectivity index (χ0) is 19.2. The molecule has 0 saturated carbocycles. The normalized spacial score (nSPS) is 11.0.